The Morgan fingerprint density at radius 3 is 2.69 bits per heavy atom. The van der Waals surface area contributed by atoms with Gasteiger partial charge in [-0.3, -0.25) is 4.79 Å². The van der Waals surface area contributed by atoms with Crippen LogP contribution in [0.25, 0.3) is 0 Å². The molecule has 94 valence electrons. The summed E-state index contributed by atoms with van der Waals surface area (Å²) in [5, 5.41) is 9.58. The van der Waals surface area contributed by atoms with Gasteiger partial charge < -0.3 is 9.84 Å². The van der Waals surface area contributed by atoms with E-state index in [0.29, 0.717) is 13.0 Å². The zero-order chi connectivity index (χ0) is 12.3. The quantitative estimate of drug-likeness (QED) is 0.663. The summed E-state index contributed by atoms with van der Waals surface area (Å²) in [6.45, 7) is 2.27. The molecule has 0 amide bonds. The Kier molecular flexibility index (Phi) is 4.28. The van der Waals surface area contributed by atoms with Crippen LogP contribution in [-0.2, 0) is 19.6 Å². The number of esters is 1. The number of sulfonamides is 1. The van der Waals surface area contributed by atoms with Gasteiger partial charge in [0.05, 0.1) is 13.2 Å². The third-order valence-corrected chi connectivity index (χ3v) is 4.52. The van der Waals surface area contributed by atoms with Crippen molar-refractivity contribution in [3.8, 4) is 0 Å². The number of piperidine rings is 1. The van der Waals surface area contributed by atoms with E-state index in [4.69, 9.17) is 0 Å². The van der Waals surface area contributed by atoms with E-state index in [1.807, 2.05) is 6.92 Å². The maximum Gasteiger partial charge on any atom is 0.322 e. The number of carbonyl (C=O) groups is 1. The van der Waals surface area contributed by atoms with Crippen molar-refractivity contribution in [3.63, 3.8) is 0 Å². The molecule has 1 fully saturated rings. The summed E-state index contributed by atoms with van der Waals surface area (Å²) in [5.74, 6) is -1.36. The second-order valence-corrected chi connectivity index (χ2v) is 5.99. The highest BCUT2D eigenvalue weighted by Crippen LogP contribution is 2.19. The first-order chi connectivity index (χ1) is 7.36. The van der Waals surface area contributed by atoms with Crippen LogP contribution in [0.5, 0.6) is 0 Å². The van der Waals surface area contributed by atoms with Gasteiger partial charge >= 0.3 is 5.97 Å². The standard InChI is InChI=1S/C9H17NO5S/c1-7-3-4-10(5-8(7)11)16(13,14)6-9(12)15-2/h7-8,11H,3-6H2,1-2H3. The zero-order valence-electron chi connectivity index (χ0n) is 9.42. The second kappa shape index (κ2) is 5.11. The van der Waals surface area contributed by atoms with Crippen molar-refractivity contribution in [1.29, 1.82) is 0 Å². The number of hydrogen-bond acceptors (Lipinski definition) is 5. The first-order valence-electron chi connectivity index (χ1n) is 5.09. The van der Waals surface area contributed by atoms with Gasteiger partial charge in [-0.1, -0.05) is 6.92 Å². The van der Waals surface area contributed by atoms with Gasteiger partial charge in [-0.15, -0.1) is 0 Å². The fraction of sp³-hybridized carbons (Fsp3) is 0.889. The third-order valence-electron chi connectivity index (χ3n) is 2.80. The minimum absolute atomic E-state index is 0.0560. The molecular formula is C9H17NO5S. The number of aliphatic hydroxyl groups excluding tert-OH is 1. The molecule has 0 bridgehead atoms. The molecule has 2 atom stereocenters. The van der Waals surface area contributed by atoms with E-state index in [0.717, 1.165) is 11.4 Å². The van der Waals surface area contributed by atoms with E-state index in [1.165, 1.54) is 0 Å². The number of aliphatic hydroxyl groups is 1. The predicted molar refractivity (Wildman–Crippen MR) is 57.2 cm³/mol. The number of rotatable bonds is 3. The second-order valence-electron chi connectivity index (χ2n) is 4.02. The third kappa shape index (κ3) is 3.16. The Balaban J connectivity index is 2.67. The van der Waals surface area contributed by atoms with Gasteiger partial charge in [0.15, 0.2) is 5.75 Å². The Morgan fingerprint density at radius 2 is 2.19 bits per heavy atom. The van der Waals surface area contributed by atoms with E-state index in [-0.39, 0.29) is 12.5 Å². The molecular weight excluding hydrogens is 234 g/mol. The van der Waals surface area contributed by atoms with Crippen LogP contribution in [-0.4, -0.2) is 55.9 Å². The summed E-state index contributed by atoms with van der Waals surface area (Å²) in [6, 6.07) is 0. The number of methoxy groups -OCH3 is 1. The maximum absolute atomic E-state index is 11.7. The fourth-order valence-electron chi connectivity index (χ4n) is 1.57. The van der Waals surface area contributed by atoms with Crippen LogP contribution in [0.3, 0.4) is 0 Å². The minimum atomic E-state index is -3.65. The Morgan fingerprint density at radius 1 is 1.56 bits per heavy atom. The van der Waals surface area contributed by atoms with Gasteiger partial charge in [-0.2, -0.15) is 4.31 Å². The van der Waals surface area contributed by atoms with Gasteiger partial charge in [0, 0.05) is 13.1 Å². The molecule has 0 radical (unpaired) electrons. The Hall–Kier alpha value is -0.660. The summed E-state index contributed by atoms with van der Waals surface area (Å²) in [4.78, 5) is 10.9. The van der Waals surface area contributed by atoms with Crippen LogP contribution in [0.2, 0.25) is 0 Å². The zero-order valence-corrected chi connectivity index (χ0v) is 10.2. The number of ether oxygens (including phenoxy) is 1. The van der Waals surface area contributed by atoms with Gasteiger partial charge in [-0.05, 0) is 12.3 Å². The van der Waals surface area contributed by atoms with E-state index < -0.39 is 27.8 Å². The first kappa shape index (κ1) is 13.4. The molecule has 16 heavy (non-hydrogen) atoms. The fourth-order valence-corrected chi connectivity index (χ4v) is 2.93. The van der Waals surface area contributed by atoms with E-state index in [9.17, 15) is 18.3 Å². The van der Waals surface area contributed by atoms with Crippen LogP contribution < -0.4 is 0 Å². The summed E-state index contributed by atoms with van der Waals surface area (Å²) < 4.78 is 28.9. The van der Waals surface area contributed by atoms with Crippen molar-refractivity contribution >= 4 is 16.0 Å². The molecule has 0 aromatic carbocycles. The molecule has 2 unspecified atom stereocenters. The van der Waals surface area contributed by atoms with E-state index >= 15 is 0 Å². The minimum Gasteiger partial charge on any atom is -0.468 e. The number of nitrogens with zero attached hydrogens (tertiary/aromatic N) is 1. The summed E-state index contributed by atoms with van der Waals surface area (Å²) in [6.07, 6.45) is -0.0668. The lowest BCUT2D eigenvalue weighted by atomic mass is 9.98. The van der Waals surface area contributed by atoms with E-state index in [1.54, 1.807) is 0 Å². The molecule has 1 rings (SSSR count). The highest BCUT2D eigenvalue weighted by Gasteiger charge is 2.33. The summed E-state index contributed by atoms with van der Waals surface area (Å²) in [5.41, 5.74) is 0. The van der Waals surface area contributed by atoms with Crippen LogP contribution in [0.4, 0.5) is 0 Å². The van der Waals surface area contributed by atoms with Crippen molar-refractivity contribution in [1.82, 2.24) is 4.31 Å². The first-order valence-corrected chi connectivity index (χ1v) is 6.70. The molecule has 0 aromatic rings. The molecule has 0 spiro atoms. The average molecular weight is 251 g/mol. The van der Waals surface area contributed by atoms with Crippen molar-refractivity contribution in [3.05, 3.63) is 0 Å². The molecule has 1 heterocycles. The topological polar surface area (TPSA) is 83.9 Å². The molecule has 6 nitrogen and oxygen atoms in total. The van der Waals surface area contributed by atoms with Gasteiger partial charge in [0.25, 0.3) is 0 Å². The van der Waals surface area contributed by atoms with Crippen LogP contribution >= 0.6 is 0 Å². The highest BCUT2D eigenvalue weighted by atomic mass is 32.2. The maximum atomic E-state index is 11.7. The highest BCUT2D eigenvalue weighted by molar-refractivity contribution is 7.89. The molecule has 0 saturated carbocycles. The van der Waals surface area contributed by atoms with Crippen LogP contribution in [0.1, 0.15) is 13.3 Å². The van der Waals surface area contributed by atoms with Crippen molar-refractivity contribution < 1.29 is 23.1 Å². The lowest BCUT2D eigenvalue weighted by molar-refractivity contribution is -0.137. The number of β-amino-alcohol motifs (C(OH)–C–C–N with tert-alkyl or cyclic N) is 1. The van der Waals surface area contributed by atoms with Crippen molar-refractivity contribution in [2.24, 2.45) is 5.92 Å². The lowest BCUT2D eigenvalue weighted by Crippen LogP contribution is -2.47. The largest absolute Gasteiger partial charge is 0.468 e. The molecule has 1 aliphatic heterocycles. The van der Waals surface area contributed by atoms with E-state index in [2.05, 4.69) is 4.74 Å². The summed E-state index contributed by atoms with van der Waals surface area (Å²) >= 11 is 0. The Bertz CT molecular complexity index is 353. The smallest absolute Gasteiger partial charge is 0.322 e. The molecule has 1 N–H and O–H groups in total. The van der Waals surface area contributed by atoms with Crippen LogP contribution in [0.15, 0.2) is 0 Å². The molecule has 0 aromatic heterocycles. The summed E-state index contributed by atoms with van der Waals surface area (Å²) in [7, 11) is -2.51. The van der Waals surface area contributed by atoms with Crippen molar-refractivity contribution in [2.45, 2.75) is 19.4 Å². The average Bonchev–Trinajstić information content (AvgIpc) is 2.21. The molecule has 0 aliphatic carbocycles. The monoisotopic (exact) mass is 251 g/mol. The number of hydrogen-bond donors (Lipinski definition) is 1. The molecule has 7 heteroatoms. The lowest BCUT2D eigenvalue weighted by Gasteiger charge is -2.33. The van der Waals surface area contributed by atoms with Crippen molar-refractivity contribution in [2.75, 3.05) is 26.0 Å². The predicted octanol–water partition coefficient (Wildman–Crippen LogP) is -0.808. The Labute approximate surface area is 95.2 Å². The van der Waals surface area contributed by atoms with Gasteiger partial charge in [-0.25, -0.2) is 8.42 Å². The van der Waals surface area contributed by atoms with Crippen LogP contribution in [0, 0.1) is 5.92 Å². The molecule has 1 aliphatic rings. The normalized spacial score (nSPS) is 27.7. The SMILES string of the molecule is COC(=O)CS(=O)(=O)N1CCC(C)C(O)C1. The van der Waals surface area contributed by atoms with Gasteiger partial charge in [0.2, 0.25) is 10.0 Å². The number of carbonyl (C=O) groups excluding carboxylic acids is 1. The van der Waals surface area contributed by atoms with Gasteiger partial charge in [0.1, 0.15) is 0 Å². The molecule has 1 saturated heterocycles.